The monoisotopic (exact) mass is 487 g/mol. The summed E-state index contributed by atoms with van der Waals surface area (Å²) >= 11 is 1.23. The van der Waals surface area contributed by atoms with Crippen molar-refractivity contribution in [3.8, 4) is 17.0 Å². The summed E-state index contributed by atoms with van der Waals surface area (Å²) in [6.07, 6.45) is 0. The Balaban J connectivity index is 1.48. The number of thiazole rings is 1. The Hall–Kier alpha value is -3.12. The molecule has 0 bridgehead atoms. The highest BCUT2D eigenvalue weighted by atomic mass is 32.2. The Kier molecular flexibility index (Phi) is 6.84. The standard InChI is InChI=1S/C22H21N3O6S2/c1-15(26)31-20-5-3-2-4-18(20)21(27)24-22-23-19(14-32-22)16-6-8-17(9-7-16)33(28,29)25-10-12-30-13-11-25/h2-9,14H,10-13H2,1H3,(H,23,24,27). The molecule has 1 aliphatic rings. The molecular formula is C22H21N3O6S2. The van der Waals surface area contributed by atoms with Gasteiger partial charge < -0.3 is 9.47 Å². The van der Waals surface area contributed by atoms with Crippen molar-refractivity contribution in [2.75, 3.05) is 31.6 Å². The van der Waals surface area contributed by atoms with Gasteiger partial charge in [0.1, 0.15) is 5.75 Å². The maximum atomic E-state index is 12.8. The maximum Gasteiger partial charge on any atom is 0.308 e. The van der Waals surface area contributed by atoms with Crippen LogP contribution in [0.5, 0.6) is 5.75 Å². The second-order valence-corrected chi connectivity index (χ2v) is 9.92. The number of morpholine rings is 1. The van der Waals surface area contributed by atoms with E-state index in [0.29, 0.717) is 42.7 Å². The molecule has 1 aromatic heterocycles. The second-order valence-electron chi connectivity index (χ2n) is 7.12. The van der Waals surface area contributed by atoms with Gasteiger partial charge in [0, 0.05) is 31.0 Å². The van der Waals surface area contributed by atoms with Gasteiger partial charge in [-0.3, -0.25) is 14.9 Å². The van der Waals surface area contributed by atoms with Crippen LogP contribution in [0.1, 0.15) is 17.3 Å². The lowest BCUT2D eigenvalue weighted by Gasteiger charge is -2.26. The summed E-state index contributed by atoms with van der Waals surface area (Å²) in [5.41, 5.74) is 1.52. The molecule has 1 aliphatic heterocycles. The lowest BCUT2D eigenvalue weighted by Crippen LogP contribution is -2.40. The van der Waals surface area contributed by atoms with Crippen LogP contribution in [0.25, 0.3) is 11.3 Å². The topological polar surface area (TPSA) is 115 Å². The molecule has 172 valence electrons. The van der Waals surface area contributed by atoms with Crippen molar-refractivity contribution in [1.29, 1.82) is 0 Å². The number of carbonyl (C=O) groups excluding carboxylic acids is 2. The zero-order valence-electron chi connectivity index (χ0n) is 17.7. The van der Waals surface area contributed by atoms with Crippen molar-refractivity contribution in [3.05, 3.63) is 59.5 Å². The van der Waals surface area contributed by atoms with Gasteiger partial charge in [0.15, 0.2) is 5.13 Å². The van der Waals surface area contributed by atoms with Gasteiger partial charge in [0.25, 0.3) is 5.91 Å². The third-order valence-electron chi connectivity index (χ3n) is 4.87. The molecule has 2 aromatic carbocycles. The van der Waals surface area contributed by atoms with Crippen LogP contribution in [0.2, 0.25) is 0 Å². The first-order chi connectivity index (χ1) is 15.8. The van der Waals surface area contributed by atoms with E-state index in [-0.39, 0.29) is 16.2 Å². The minimum absolute atomic E-state index is 0.163. The number of amides is 1. The SMILES string of the molecule is CC(=O)Oc1ccccc1C(=O)Nc1nc(-c2ccc(S(=O)(=O)N3CCOCC3)cc2)cs1. The van der Waals surface area contributed by atoms with Crippen LogP contribution in [-0.4, -0.2) is 55.9 Å². The average molecular weight is 488 g/mol. The number of hydrogen-bond donors (Lipinski definition) is 1. The van der Waals surface area contributed by atoms with E-state index in [9.17, 15) is 18.0 Å². The predicted molar refractivity (Wildman–Crippen MR) is 123 cm³/mol. The van der Waals surface area contributed by atoms with Crippen molar-refractivity contribution in [2.45, 2.75) is 11.8 Å². The van der Waals surface area contributed by atoms with E-state index in [0.717, 1.165) is 0 Å². The Labute approximate surface area is 195 Å². The molecule has 3 aromatic rings. The third kappa shape index (κ3) is 5.28. The van der Waals surface area contributed by atoms with Crippen molar-refractivity contribution < 1.29 is 27.5 Å². The number of esters is 1. The second kappa shape index (κ2) is 9.79. The summed E-state index contributed by atoms with van der Waals surface area (Å²) in [5.74, 6) is -0.818. The number of ether oxygens (including phenoxy) is 2. The summed E-state index contributed by atoms with van der Waals surface area (Å²) < 4.78 is 37.3. The largest absolute Gasteiger partial charge is 0.426 e. The van der Waals surface area contributed by atoms with Gasteiger partial charge in [-0.2, -0.15) is 4.31 Å². The molecule has 4 rings (SSSR count). The van der Waals surface area contributed by atoms with Gasteiger partial charge in [0.2, 0.25) is 10.0 Å². The number of benzene rings is 2. The molecule has 0 aliphatic carbocycles. The zero-order valence-corrected chi connectivity index (χ0v) is 19.3. The Morgan fingerprint density at radius 2 is 1.79 bits per heavy atom. The minimum atomic E-state index is -3.57. The first kappa shape index (κ1) is 23.1. The number of aromatic nitrogens is 1. The molecule has 0 atom stereocenters. The molecule has 2 heterocycles. The third-order valence-corrected chi connectivity index (χ3v) is 7.54. The first-order valence-electron chi connectivity index (χ1n) is 10.1. The van der Waals surface area contributed by atoms with E-state index in [2.05, 4.69) is 10.3 Å². The molecule has 0 radical (unpaired) electrons. The maximum absolute atomic E-state index is 12.8. The summed E-state index contributed by atoms with van der Waals surface area (Å²) in [5, 5.41) is 4.83. The van der Waals surface area contributed by atoms with Crippen LogP contribution in [-0.2, 0) is 19.6 Å². The molecule has 1 N–H and O–H groups in total. The molecule has 1 saturated heterocycles. The number of rotatable bonds is 6. The Bertz CT molecular complexity index is 1270. The van der Waals surface area contributed by atoms with Crippen LogP contribution in [0.3, 0.4) is 0 Å². The van der Waals surface area contributed by atoms with Crippen LogP contribution >= 0.6 is 11.3 Å². The number of anilines is 1. The lowest BCUT2D eigenvalue weighted by molar-refractivity contribution is -0.131. The van der Waals surface area contributed by atoms with Gasteiger partial charge in [0.05, 0.1) is 29.4 Å². The van der Waals surface area contributed by atoms with Crippen LogP contribution in [0.4, 0.5) is 5.13 Å². The zero-order chi connectivity index (χ0) is 23.4. The number of hydrogen-bond acceptors (Lipinski definition) is 8. The van der Waals surface area contributed by atoms with Gasteiger partial charge in [-0.05, 0) is 24.3 Å². The van der Waals surface area contributed by atoms with E-state index in [1.165, 1.54) is 28.6 Å². The summed E-state index contributed by atoms with van der Waals surface area (Å²) in [6.45, 7) is 2.70. The van der Waals surface area contributed by atoms with Gasteiger partial charge in [-0.15, -0.1) is 11.3 Å². The van der Waals surface area contributed by atoms with E-state index in [4.69, 9.17) is 9.47 Å². The number of carbonyl (C=O) groups is 2. The molecule has 9 nitrogen and oxygen atoms in total. The molecule has 1 fully saturated rings. The predicted octanol–water partition coefficient (Wildman–Crippen LogP) is 3.01. The molecule has 0 spiro atoms. The fourth-order valence-electron chi connectivity index (χ4n) is 3.26. The van der Waals surface area contributed by atoms with Crippen molar-refractivity contribution in [3.63, 3.8) is 0 Å². The number of nitrogens with zero attached hydrogens (tertiary/aromatic N) is 2. The van der Waals surface area contributed by atoms with E-state index >= 15 is 0 Å². The normalized spacial score (nSPS) is 14.6. The Morgan fingerprint density at radius 1 is 1.09 bits per heavy atom. The minimum Gasteiger partial charge on any atom is -0.426 e. The lowest BCUT2D eigenvalue weighted by atomic mass is 10.2. The van der Waals surface area contributed by atoms with Gasteiger partial charge >= 0.3 is 5.97 Å². The molecule has 1 amide bonds. The van der Waals surface area contributed by atoms with Gasteiger partial charge in [-0.1, -0.05) is 24.3 Å². The van der Waals surface area contributed by atoms with Crippen LogP contribution in [0, 0.1) is 0 Å². The average Bonchev–Trinajstić information content (AvgIpc) is 3.28. The van der Waals surface area contributed by atoms with Gasteiger partial charge in [-0.25, -0.2) is 13.4 Å². The highest BCUT2D eigenvalue weighted by Crippen LogP contribution is 2.28. The smallest absolute Gasteiger partial charge is 0.308 e. The molecule has 11 heteroatoms. The summed E-state index contributed by atoms with van der Waals surface area (Å²) in [4.78, 5) is 28.6. The molecule has 0 unspecified atom stereocenters. The molecular weight excluding hydrogens is 466 g/mol. The van der Waals surface area contributed by atoms with Crippen molar-refractivity contribution in [2.24, 2.45) is 0 Å². The number of nitrogens with one attached hydrogen (secondary N) is 1. The highest BCUT2D eigenvalue weighted by Gasteiger charge is 2.26. The first-order valence-corrected chi connectivity index (χ1v) is 12.4. The summed E-state index contributed by atoms with van der Waals surface area (Å²) in [7, 11) is -3.57. The molecule has 0 saturated carbocycles. The number of sulfonamides is 1. The molecule has 33 heavy (non-hydrogen) atoms. The van der Waals surface area contributed by atoms with Crippen LogP contribution < -0.4 is 10.1 Å². The highest BCUT2D eigenvalue weighted by molar-refractivity contribution is 7.89. The van der Waals surface area contributed by atoms with E-state index in [1.54, 1.807) is 47.8 Å². The fraction of sp³-hybridized carbons (Fsp3) is 0.227. The summed E-state index contributed by atoms with van der Waals surface area (Å²) in [6, 6.07) is 12.9. The Morgan fingerprint density at radius 3 is 2.48 bits per heavy atom. The van der Waals surface area contributed by atoms with E-state index in [1.807, 2.05) is 0 Å². The van der Waals surface area contributed by atoms with Crippen molar-refractivity contribution in [1.82, 2.24) is 9.29 Å². The van der Waals surface area contributed by atoms with E-state index < -0.39 is 21.9 Å². The number of para-hydroxylation sites is 1. The van der Waals surface area contributed by atoms with Crippen molar-refractivity contribution >= 4 is 38.4 Å². The fourth-order valence-corrected chi connectivity index (χ4v) is 5.38. The van der Waals surface area contributed by atoms with Crippen LogP contribution in [0.15, 0.2) is 58.8 Å². The quantitative estimate of drug-likeness (QED) is 0.420.